The third-order valence-electron chi connectivity index (χ3n) is 2.75. The fraction of sp³-hybridized carbons (Fsp3) is 0.154. The smallest absolute Gasteiger partial charge is 0.252 e. The number of benzene rings is 1. The predicted molar refractivity (Wildman–Crippen MR) is 89.2 cm³/mol. The van der Waals surface area contributed by atoms with Crippen LogP contribution in [0, 0.1) is 0 Å². The molecular formula is C13H12Cl2N2O3S2. The molecular weight excluding hydrogens is 367 g/mol. The van der Waals surface area contributed by atoms with Crippen molar-refractivity contribution in [3.8, 4) is 0 Å². The highest BCUT2D eigenvalue weighted by Crippen LogP contribution is 2.29. The van der Waals surface area contributed by atoms with Crippen molar-refractivity contribution in [1.82, 2.24) is 4.31 Å². The SMILES string of the molecule is CN(CC(=O)Nc1cccc(Cl)c1Cl)S(=O)(=O)c1cccs1. The van der Waals surface area contributed by atoms with Crippen molar-refractivity contribution in [2.75, 3.05) is 18.9 Å². The lowest BCUT2D eigenvalue weighted by molar-refractivity contribution is -0.116. The van der Waals surface area contributed by atoms with Crippen molar-refractivity contribution in [3.63, 3.8) is 0 Å². The molecule has 1 aromatic heterocycles. The molecule has 0 aliphatic carbocycles. The van der Waals surface area contributed by atoms with E-state index in [4.69, 9.17) is 23.2 Å². The fourth-order valence-electron chi connectivity index (χ4n) is 1.64. The van der Waals surface area contributed by atoms with Gasteiger partial charge in [-0.05, 0) is 23.6 Å². The van der Waals surface area contributed by atoms with Gasteiger partial charge in [-0.2, -0.15) is 4.31 Å². The molecule has 22 heavy (non-hydrogen) atoms. The number of carbonyl (C=O) groups is 1. The number of hydrogen-bond donors (Lipinski definition) is 1. The summed E-state index contributed by atoms with van der Waals surface area (Å²) in [6.07, 6.45) is 0. The Balaban J connectivity index is 2.08. The Bertz CT molecular complexity index is 777. The zero-order valence-electron chi connectivity index (χ0n) is 11.4. The van der Waals surface area contributed by atoms with E-state index in [1.807, 2.05) is 0 Å². The number of thiophene rings is 1. The lowest BCUT2D eigenvalue weighted by Gasteiger charge is -2.16. The number of hydrogen-bond acceptors (Lipinski definition) is 4. The van der Waals surface area contributed by atoms with Crippen molar-refractivity contribution in [2.24, 2.45) is 0 Å². The van der Waals surface area contributed by atoms with Crippen LogP contribution in [-0.4, -0.2) is 32.2 Å². The monoisotopic (exact) mass is 378 g/mol. The van der Waals surface area contributed by atoms with Gasteiger partial charge in [0.1, 0.15) is 4.21 Å². The maximum absolute atomic E-state index is 12.2. The number of sulfonamides is 1. The standard InChI is InChI=1S/C13H12Cl2N2O3S2/c1-17(22(19,20)12-6-3-7-21-12)8-11(18)16-10-5-2-4-9(14)13(10)15/h2-7H,8H2,1H3,(H,16,18). The molecule has 9 heteroatoms. The first-order valence-corrected chi connectivity index (χ1v) is 9.13. The van der Waals surface area contributed by atoms with Gasteiger partial charge in [-0.1, -0.05) is 35.3 Å². The number of anilines is 1. The molecule has 0 unspecified atom stereocenters. The van der Waals surface area contributed by atoms with Gasteiger partial charge in [-0.3, -0.25) is 4.79 Å². The predicted octanol–water partition coefficient (Wildman–Crippen LogP) is 3.31. The molecule has 1 N–H and O–H groups in total. The molecule has 0 bridgehead atoms. The molecule has 0 aliphatic heterocycles. The molecule has 0 radical (unpaired) electrons. The topological polar surface area (TPSA) is 66.5 Å². The summed E-state index contributed by atoms with van der Waals surface area (Å²) in [6.45, 7) is -0.330. The maximum atomic E-state index is 12.2. The Morgan fingerprint density at radius 1 is 1.27 bits per heavy atom. The van der Waals surface area contributed by atoms with Gasteiger partial charge in [0.05, 0.1) is 22.3 Å². The number of amides is 1. The van der Waals surface area contributed by atoms with Crippen LogP contribution in [0.2, 0.25) is 10.0 Å². The number of nitrogens with one attached hydrogen (secondary N) is 1. The lowest BCUT2D eigenvalue weighted by atomic mass is 10.3. The third-order valence-corrected chi connectivity index (χ3v) is 6.75. The van der Waals surface area contributed by atoms with E-state index in [9.17, 15) is 13.2 Å². The third kappa shape index (κ3) is 3.80. The van der Waals surface area contributed by atoms with Crippen LogP contribution < -0.4 is 5.32 Å². The Morgan fingerprint density at radius 3 is 2.64 bits per heavy atom. The van der Waals surface area contributed by atoms with Crippen LogP contribution in [0.1, 0.15) is 0 Å². The molecule has 5 nitrogen and oxygen atoms in total. The second-order valence-corrected chi connectivity index (χ2v) is 8.35. The first-order valence-electron chi connectivity index (χ1n) is 6.06. The van der Waals surface area contributed by atoms with E-state index in [0.29, 0.717) is 10.7 Å². The maximum Gasteiger partial charge on any atom is 0.252 e. The Morgan fingerprint density at radius 2 is 2.00 bits per heavy atom. The molecule has 118 valence electrons. The number of carbonyl (C=O) groups excluding carboxylic acids is 1. The summed E-state index contributed by atoms with van der Waals surface area (Å²) in [5.74, 6) is -0.508. The average Bonchev–Trinajstić information content (AvgIpc) is 2.98. The van der Waals surface area contributed by atoms with Gasteiger partial charge in [0.15, 0.2) is 0 Å². The molecule has 0 saturated carbocycles. The first-order chi connectivity index (χ1) is 10.3. The summed E-state index contributed by atoms with van der Waals surface area (Å²) in [6, 6.07) is 7.93. The molecule has 1 heterocycles. The molecule has 0 spiro atoms. The van der Waals surface area contributed by atoms with Crippen LogP contribution in [0.5, 0.6) is 0 Å². The molecule has 0 aliphatic rings. The van der Waals surface area contributed by atoms with Gasteiger partial charge in [0, 0.05) is 7.05 Å². The Hall–Kier alpha value is -1.12. The minimum atomic E-state index is -3.67. The van der Waals surface area contributed by atoms with E-state index in [0.717, 1.165) is 15.6 Å². The normalized spacial score (nSPS) is 11.6. The van der Waals surface area contributed by atoms with Crippen molar-refractivity contribution >= 4 is 56.2 Å². The summed E-state index contributed by atoms with van der Waals surface area (Å²) in [5.41, 5.74) is 0.334. The van der Waals surface area contributed by atoms with Crippen molar-refractivity contribution in [3.05, 3.63) is 45.8 Å². The van der Waals surface area contributed by atoms with Crippen LogP contribution in [0.15, 0.2) is 39.9 Å². The van der Waals surface area contributed by atoms with Gasteiger partial charge in [-0.25, -0.2) is 8.42 Å². The molecule has 2 aromatic rings. The highest BCUT2D eigenvalue weighted by molar-refractivity contribution is 7.91. The van der Waals surface area contributed by atoms with E-state index in [1.165, 1.54) is 13.1 Å². The summed E-state index contributed by atoms with van der Waals surface area (Å²) in [5, 5.41) is 4.71. The van der Waals surface area contributed by atoms with Crippen LogP contribution in [0.4, 0.5) is 5.69 Å². The van der Waals surface area contributed by atoms with E-state index in [2.05, 4.69) is 5.32 Å². The Kier molecular flexibility index (Phi) is 5.46. The zero-order valence-corrected chi connectivity index (χ0v) is 14.6. The minimum absolute atomic E-state index is 0.184. The number of likely N-dealkylation sites (N-methyl/N-ethyl adjacent to an activating group) is 1. The lowest BCUT2D eigenvalue weighted by Crippen LogP contribution is -2.34. The summed E-state index contributed by atoms with van der Waals surface area (Å²) in [7, 11) is -2.33. The highest BCUT2D eigenvalue weighted by Gasteiger charge is 2.24. The van der Waals surface area contributed by atoms with E-state index in [1.54, 1.807) is 29.6 Å². The van der Waals surface area contributed by atoms with Crippen molar-refractivity contribution in [1.29, 1.82) is 0 Å². The van der Waals surface area contributed by atoms with Gasteiger partial charge in [0.2, 0.25) is 5.91 Å². The number of halogens is 2. The summed E-state index contributed by atoms with van der Waals surface area (Å²) >= 11 is 12.9. The average molecular weight is 379 g/mol. The van der Waals surface area contributed by atoms with E-state index in [-0.39, 0.29) is 15.8 Å². The van der Waals surface area contributed by atoms with Gasteiger partial charge in [0.25, 0.3) is 10.0 Å². The minimum Gasteiger partial charge on any atom is -0.324 e. The molecule has 0 atom stereocenters. The number of rotatable bonds is 5. The quantitative estimate of drug-likeness (QED) is 0.867. The van der Waals surface area contributed by atoms with Crippen LogP contribution in [0.3, 0.4) is 0 Å². The summed E-state index contributed by atoms with van der Waals surface area (Å²) < 4.78 is 25.6. The zero-order chi connectivity index (χ0) is 16.3. The molecule has 1 aromatic carbocycles. The molecule has 2 rings (SSSR count). The first kappa shape index (κ1) is 17.2. The number of nitrogens with zero attached hydrogens (tertiary/aromatic N) is 1. The van der Waals surface area contributed by atoms with E-state index < -0.39 is 15.9 Å². The van der Waals surface area contributed by atoms with Gasteiger partial charge >= 0.3 is 0 Å². The van der Waals surface area contributed by atoms with Crippen LogP contribution in [-0.2, 0) is 14.8 Å². The molecule has 0 fully saturated rings. The molecule has 0 saturated heterocycles. The molecule has 1 amide bonds. The van der Waals surface area contributed by atoms with Gasteiger partial charge < -0.3 is 5.32 Å². The van der Waals surface area contributed by atoms with Crippen molar-refractivity contribution in [2.45, 2.75) is 4.21 Å². The van der Waals surface area contributed by atoms with Crippen LogP contribution >= 0.6 is 34.5 Å². The second kappa shape index (κ2) is 6.97. The van der Waals surface area contributed by atoms with E-state index >= 15 is 0 Å². The largest absolute Gasteiger partial charge is 0.324 e. The van der Waals surface area contributed by atoms with Crippen LogP contribution in [0.25, 0.3) is 0 Å². The van der Waals surface area contributed by atoms with Gasteiger partial charge in [-0.15, -0.1) is 11.3 Å². The second-order valence-electron chi connectivity index (χ2n) is 4.34. The fourth-order valence-corrected chi connectivity index (χ4v) is 4.32. The van der Waals surface area contributed by atoms with Crippen molar-refractivity contribution < 1.29 is 13.2 Å². The Labute approximate surface area is 142 Å². The highest BCUT2D eigenvalue weighted by atomic mass is 35.5. The summed E-state index contributed by atoms with van der Waals surface area (Å²) in [4.78, 5) is 12.0.